The summed E-state index contributed by atoms with van der Waals surface area (Å²) in [5.41, 5.74) is 1.86. The number of rotatable bonds is 6. The summed E-state index contributed by atoms with van der Waals surface area (Å²) in [6.45, 7) is 8.69. The molecule has 1 saturated heterocycles. The van der Waals surface area contributed by atoms with Crippen LogP contribution in [0.3, 0.4) is 0 Å². The van der Waals surface area contributed by atoms with E-state index < -0.39 is 0 Å². The molecule has 1 atom stereocenters. The maximum Gasteiger partial charge on any atom is 0.263 e. The quantitative estimate of drug-likeness (QED) is 0.829. The highest BCUT2D eigenvalue weighted by Crippen LogP contribution is 2.24. The van der Waals surface area contributed by atoms with Crippen LogP contribution in [0.25, 0.3) is 0 Å². The van der Waals surface area contributed by atoms with Gasteiger partial charge in [-0.3, -0.25) is 4.79 Å². The SMILES string of the molecule is Cc1nc(CC(C)C)sc1C(=O)NCC1CCN(c2ccc(F)cc2)C1. The minimum Gasteiger partial charge on any atom is -0.371 e. The minimum atomic E-state index is -0.214. The monoisotopic (exact) mass is 375 g/mol. The zero-order valence-electron chi connectivity index (χ0n) is 15.6. The number of hydrogen-bond acceptors (Lipinski definition) is 4. The number of carbonyl (C=O) groups is 1. The Morgan fingerprint density at radius 2 is 2.12 bits per heavy atom. The lowest BCUT2D eigenvalue weighted by Gasteiger charge is -2.18. The topological polar surface area (TPSA) is 45.2 Å². The number of benzene rings is 1. The number of halogens is 1. The fraction of sp³-hybridized carbons (Fsp3) is 0.500. The summed E-state index contributed by atoms with van der Waals surface area (Å²) < 4.78 is 13.1. The molecule has 0 radical (unpaired) electrons. The molecule has 0 saturated carbocycles. The fourth-order valence-electron chi connectivity index (χ4n) is 3.30. The number of carbonyl (C=O) groups excluding carboxylic acids is 1. The third-order valence-corrected chi connectivity index (χ3v) is 5.84. The Hall–Kier alpha value is -1.95. The van der Waals surface area contributed by atoms with Gasteiger partial charge in [0.1, 0.15) is 10.7 Å². The van der Waals surface area contributed by atoms with Gasteiger partial charge in [-0.25, -0.2) is 9.37 Å². The van der Waals surface area contributed by atoms with Gasteiger partial charge in [-0.15, -0.1) is 11.3 Å². The highest BCUT2D eigenvalue weighted by Gasteiger charge is 2.24. The second-order valence-electron chi connectivity index (χ2n) is 7.41. The van der Waals surface area contributed by atoms with E-state index in [-0.39, 0.29) is 11.7 Å². The molecular formula is C20H26FN3OS. The highest BCUT2D eigenvalue weighted by atomic mass is 32.1. The summed E-state index contributed by atoms with van der Waals surface area (Å²) in [7, 11) is 0. The van der Waals surface area contributed by atoms with Crippen molar-refractivity contribution in [2.24, 2.45) is 11.8 Å². The number of aryl methyl sites for hydroxylation is 1. The lowest BCUT2D eigenvalue weighted by Crippen LogP contribution is -2.30. The summed E-state index contributed by atoms with van der Waals surface area (Å²) in [4.78, 5) is 20.0. The third-order valence-electron chi connectivity index (χ3n) is 4.66. The Kier molecular flexibility index (Phi) is 5.91. The molecule has 26 heavy (non-hydrogen) atoms. The molecule has 3 rings (SSSR count). The first-order valence-electron chi connectivity index (χ1n) is 9.17. The molecule has 4 nitrogen and oxygen atoms in total. The number of amides is 1. The van der Waals surface area contributed by atoms with Crippen LogP contribution in [0.2, 0.25) is 0 Å². The summed E-state index contributed by atoms with van der Waals surface area (Å²) in [6.07, 6.45) is 1.94. The van der Waals surface area contributed by atoms with E-state index in [0.29, 0.717) is 18.4 Å². The molecule has 0 spiro atoms. The van der Waals surface area contributed by atoms with Crippen molar-refractivity contribution in [2.45, 2.75) is 33.6 Å². The molecule has 2 heterocycles. The first-order chi connectivity index (χ1) is 12.4. The third kappa shape index (κ3) is 4.61. The Balaban J connectivity index is 1.52. The van der Waals surface area contributed by atoms with E-state index in [1.54, 1.807) is 0 Å². The molecule has 1 N–H and O–H groups in total. The highest BCUT2D eigenvalue weighted by molar-refractivity contribution is 7.13. The smallest absolute Gasteiger partial charge is 0.263 e. The van der Waals surface area contributed by atoms with Crippen molar-refractivity contribution in [1.29, 1.82) is 0 Å². The first-order valence-corrected chi connectivity index (χ1v) is 9.99. The predicted octanol–water partition coefficient (Wildman–Crippen LogP) is 4.05. The van der Waals surface area contributed by atoms with Crippen molar-refractivity contribution in [3.8, 4) is 0 Å². The molecule has 6 heteroatoms. The van der Waals surface area contributed by atoms with E-state index in [4.69, 9.17) is 0 Å². The molecule has 1 fully saturated rings. The second-order valence-corrected chi connectivity index (χ2v) is 8.49. The van der Waals surface area contributed by atoms with Gasteiger partial charge in [-0.1, -0.05) is 13.8 Å². The van der Waals surface area contributed by atoms with Gasteiger partial charge < -0.3 is 10.2 Å². The molecule has 1 aromatic heterocycles. The van der Waals surface area contributed by atoms with Crippen LogP contribution in [0.1, 0.15) is 40.6 Å². The number of hydrogen-bond donors (Lipinski definition) is 1. The molecule has 1 amide bonds. The van der Waals surface area contributed by atoms with E-state index >= 15 is 0 Å². The molecule has 2 aromatic rings. The van der Waals surface area contributed by atoms with Crippen LogP contribution in [0.5, 0.6) is 0 Å². The Labute approximate surface area is 158 Å². The Bertz CT molecular complexity index is 757. The molecule has 1 aliphatic heterocycles. The summed E-state index contributed by atoms with van der Waals surface area (Å²) >= 11 is 1.51. The van der Waals surface area contributed by atoms with E-state index in [0.717, 1.165) is 47.2 Å². The van der Waals surface area contributed by atoms with Gasteiger partial charge in [0.05, 0.1) is 10.7 Å². The summed E-state index contributed by atoms with van der Waals surface area (Å²) in [5.74, 6) is 0.712. The normalized spacial score (nSPS) is 17.1. The lowest BCUT2D eigenvalue weighted by atomic mass is 10.1. The number of anilines is 1. The average molecular weight is 376 g/mol. The van der Waals surface area contributed by atoms with Gasteiger partial charge in [0, 0.05) is 31.7 Å². The maximum atomic E-state index is 13.1. The Morgan fingerprint density at radius 3 is 2.81 bits per heavy atom. The molecule has 1 unspecified atom stereocenters. The van der Waals surface area contributed by atoms with E-state index in [2.05, 4.69) is 29.0 Å². The number of thiazole rings is 1. The van der Waals surface area contributed by atoms with Crippen molar-refractivity contribution in [3.63, 3.8) is 0 Å². The van der Waals surface area contributed by atoms with Gasteiger partial charge in [0.25, 0.3) is 5.91 Å². The predicted molar refractivity (Wildman–Crippen MR) is 104 cm³/mol. The Morgan fingerprint density at radius 1 is 1.38 bits per heavy atom. The van der Waals surface area contributed by atoms with Crippen LogP contribution in [-0.2, 0) is 6.42 Å². The van der Waals surface area contributed by atoms with Crippen LogP contribution in [0, 0.1) is 24.6 Å². The largest absolute Gasteiger partial charge is 0.371 e. The van der Waals surface area contributed by atoms with E-state index in [1.165, 1.54) is 23.5 Å². The van der Waals surface area contributed by atoms with Gasteiger partial charge in [-0.05, 0) is 49.4 Å². The number of nitrogens with one attached hydrogen (secondary N) is 1. The molecule has 140 valence electrons. The molecule has 0 aliphatic carbocycles. The molecule has 1 aromatic carbocycles. The minimum absolute atomic E-state index is 0.0183. The zero-order valence-corrected chi connectivity index (χ0v) is 16.4. The van der Waals surface area contributed by atoms with Crippen molar-refractivity contribution in [1.82, 2.24) is 10.3 Å². The summed E-state index contributed by atoms with van der Waals surface area (Å²) in [6, 6.07) is 6.61. The molecular weight excluding hydrogens is 349 g/mol. The summed E-state index contributed by atoms with van der Waals surface area (Å²) in [5, 5.41) is 4.11. The van der Waals surface area contributed by atoms with Gasteiger partial charge in [0.15, 0.2) is 0 Å². The van der Waals surface area contributed by atoms with Crippen molar-refractivity contribution in [2.75, 3.05) is 24.5 Å². The van der Waals surface area contributed by atoms with E-state index in [1.807, 2.05) is 19.1 Å². The average Bonchev–Trinajstić information content (AvgIpc) is 3.19. The van der Waals surface area contributed by atoms with Crippen molar-refractivity contribution in [3.05, 3.63) is 45.7 Å². The molecule has 0 bridgehead atoms. The van der Waals surface area contributed by atoms with Crippen molar-refractivity contribution < 1.29 is 9.18 Å². The molecule has 1 aliphatic rings. The van der Waals surface area contributed by atoms with Crippen LogP contribution in [0.4, 0.5) is 10.1 Å². The van der Waals surface area contributed by atoms with E-state index in [9.17, 15) is 9.18 Å². The zero-order chi connectivity index (χ0) is 18.7. The van der Waals surface area contributed by atoms with Crippen LogP contribution < -0.4 is 10.2 Å². The standard InChI is InChI=1S/C20H26FN3OS/c1-13(2)10-18-23-14(3)19(26-18)20(25)22-11-15-8-9-24(12-15)17-6-4-16(21)5-7-17/h4-7,13,15H,8-12H2,1-3H3,(H,22,25). The maximum absolute atomic E-state index is 13.1. The first kappa shape index (κ1) is 18.8. The second kappa shape index (κ2) is 8.16. The van der Waals surface area contributed by atoms with Gasteiger partial charge in [-0.2, -0.15) is 0 Å². The van der Waals surface area contributed by atoms with Crippen LogP contribution in [0.15, 0.2) is 24.3 Å². The number of aromatic nitrogens is 1. The van der Waals surface area contributed by atoms with Crippen molar-refractivity contribution >= 4 is 22.9 Å². The van der Waals surface area contributed by atoms with Gasteiger partial charge >= 0.3 is 0 Å². The van der Waals surface area contributed by atoms with Gasteiger partial charge in [0.2, 0.25) is 0 Å². The van der Waals surface area contributed by atoms with Crippen LogP contribution >= 0.6 is 11.3 Å². The lowest BCUT2D eigenvalue weighted by molar-refractivity contribution is 0.0951. The fourth-order valence-corrected chi connectivity index (χ4v) is 4.50. The number of nitrogens with zero attached hydrogens (tertiary/aromatic N) is 2. The van der Waals surface area contributed by atoms with Crippen LogP contribution in [-0.4, -0.2) is 30.5 Å².